The second-order valence-electron chi connectivity index (χ2n) is 0.874. The first kappa shape index (κ1) is 6.76. The van der Waals surface area contributed by atoms with Gasteiger partial charge in [-0.15, -0.1) is 14.7 Å². The van der Waals surface area contributed by atoms with Crippen molar-refractivity contribution in [2.75, 3.05) is 0 Å². The number of hydrogen-bond acceptors (Lipinski definition) is 7. The molecule has 0 radical (unpaired) electrons. The summed E-state index contributed by atoms with van der Waals surface area (Å²) in [6.45, 7) is 0. The van der Waals surface area contributed by atoms with E-state index in [-0.39, 0.29) is 0 Å². The number of rotatable bonds is 3. The molecule has 0 unspecified atom stereocenters. The number of aliphatic hydroxyl groups is 1. The molecule has 0 amide bonds. The van der Waals surface area contributed by atoms with Crippen LogP contribution in [0.25, 0.3) is 0 Å². The molecule has 7 heteroatoms. The van der Waals surface area contributed by atoms with Gasteiger partial charge >= 0.3 is 5.97 Å². The normalized spacial score (nSPS) is 10.1. The zero-order valence-corrected chi connectivity index (χ0v) is 3.51. The highest BCUT2D eigenvalue weighted by Crippen LogP contribution is 2.06. The van der Waals surface area contributed by atoms with Gasteiger partial charge in [-0.05, 0) is 0 Å². The number of hydrogen-bond donors (Lipinski definition) is 1. The lowest BCUT2D eigenvalue weighted by Gasteiger charge is -1.94. The fraction of sp³-hybridized carbons (Fsp3) is 1.00. The van der Waals surface area contributed by atoms with Gasteiger partial charge in [-0.25, -0.2) is 0 Å². The Hall–Kier alpha value is -1.24. The smallest absolute Gasteiger partial charge is 0.326 e. The van der Waals surface area contributed by atoms with Crippen molar-refractivity contribution in [2.45, 2.75) is 5.97 Å². The Morgan fingerprint density at radius 1 is 1.00 bits per heavy atom. The van der Waals surface area contributed by atoms with Crippen molar-refractivity contribution in [2.24, 2.45) is 15.5 Å². The van der Waals surface area contributed by atoms with Crippen LogP contribution in [0, 0.1) is 14.7 Å². The molecule has 0 heterocycles. The Morgan fingerprint density at radius 3 is 1.25 bits per heavy atom. The summed E-state index contributed by atoms with van der Waals surface area (Å²) in [7, 11) is 0. The highest BCUT2D eigenvalue weighted by atomic mass is 16.5. The van der Waals surface area contributed by atoms with E-state index >= 15 is 0 Å². The van der Waals surface area contributed by atoms with Gasteiger partial charge in [-0.2, -0.15) is 0 Å². The van der Waals surface area contributed by atoms with Crippen LogP contribution in [0.15, 0.2) is 15.5 Å². The van der Waals surface area contributed by atoms with Crippen LogP contribution in [0.5, 0.6) is 0 Å². The lowest BCUT2D eigenvalue weighted by molar-refractivity contribution is 0.0637. The van der Waals surface area contributed by atoms with Gasteiger partial charge in [0.15, 0.2) is 0 Å². The fourth-order valence-corrected chi connectivity index (χ4v) is 0.0500. The molecule has 0 spiro atoms. The van der Waals surface area contributed by atoms with Crippen LogP contribution in [0.2, 0.25) is 0 Å². The molecule has 8 heavy (non-hydrogen) atoms. The maximum absolute atomic E-state index is 9.20. The fourth-order valence-electron chi connectivity index (χ4n) is 0.0500. The third kappa shape index (κ3) is 1.12. The molecule has 7 nitrogen and oxygen atoms in total. The van der Waals surface area contributed by atoms with Gasteiger partial charge in [-0.1, -0.05) is 0 Å². The summed E-state index contributed by atoms with van der Waals surface area (Å²) >= 11 is 0. The minimum atomic E-state index is -3.17. The average molecular weight is 119 g/mol. The molecule has 0 atom stereocenters. The Kier molecular flexibility index (Phi) is 1.83. The first-order valence-electron chi connectivity index (χ1n) is 1.44. The minimum absolute atomic E-state index is 1.60. The van der Waals surface area contributed by atoms with Crippen molar-refractivity contribution >= 4 is 0 Å². The summed E-state index contributed by atoms with van der Waals surface area (Å²) in [5, 5.41) is 12.8. The Balaban J connectivity index is 4.18. The quantitative estimate of drug-likeness (QED) is 0.522. The monoisotopic (exact) mass is 119 g/mol. The van der Waals surface area contributed by atoms with Crippen LogP contribution >= 0.6 is 0 Å². The molecule has 0 aromatic carbocycles. The molecule has 0 aliphatic heterocycles. The molecule has 1 N–H and O–H groups in total. The molecule has 0 fully saturated rings. The van der Waals surface area contributed by atoms with Gasteiger partial charge in [0.05, 0.1) is 0 Å². The molecule has 0 rings (SSSR count). The van der Waals surface area contributed by atoms with Crippen LogP contribution in [-0.4, -0.2) is 11.1 Å². The third-order valence-corrected chi connectivity index (χ3v) is 0.367. The zero-order valence-electron chi connectivity index (χ0n) is 3.51. The maximum atomic E-state index is 9.20. The van der Waals surface area contributed by atoms with Crippen molar-refractivity contribution in [3.63, 3.8) is 0 Å². The van der Waals surface area contributed by atoms with Crippen molar-refractivity contribution < 1.29 is 5.11 Å². The van der Waals surface area contributed by atoms with Crippen molar-refractivity contribution in [1.29, 1.82) is 0 Å². The molecule has 0 saturated carbocycles. The van der Waals surface area contributed by atoms with E-state index in [0.29, 0.717) is 0 Å². The van der Waals surface area contributed by atoms with E-state index in [0.717, 1.165) is 0 Å². The maximum Gasteiger partial charge on any atom is 0.466 e. The van der Waals surface area contributed by atoms with E-state index in [9.17, 15) is 14.7 Å². The average Bonchev–Trinajstić information content (AvgIpc) is 1.87. The largest absolute Gasteiger partial charge is 0.466 e. The van der Waals surface area contributed by atoms with Crippen LogP contribution < -0.4 is 0 Å². The minimum Gasteiger partial charge on any atom is -0.326 e. The second-order valence-corrected chi connectivity index (χ2v) is 0.874. The van der Waals surface area contributed by atoms with E-state index < -0.39 is 5.97 Å². The highest BCUT2D eigenvalue weighted by Gasteiger charge is 2.30. The predicted octanol–water partition coefficient (Wildman–Crippen LogP) is -0.111. The van der Waals surface area contributed by atoms with E-state index in [4.69, 9.17) is 5.11 Å². The first-order valence-corrected chi connectivity index (χ1v) is 1.44. The van der Waals surface area contributed by atoms with Gasteiger partial charge < -0.3 is 5.11 Å². The van der Waals surface area contributed by atoms with Crippen molar-refractivity contribution in [3.05, 3.63) is 14.7 Å². The predicted molar refractivity (Wildman–Crippen MR) is 22.3 cm³/mol. The summed E-state index contributed by atoms with van der Waals surface area (Å²) in [5.74, 6) is -3.17. The Morgan fingerprint density at radius 2 is 1.25 bits per heavy atom. The summed E-state index contributed by atoms with van der Waals surface area (Å²) in [6.07, 6.45) is 0. The summed E-state index contributed by atoms with van der Waals surface area (Å²) < 4.78 is 0. The number of nitrogens with zero attached hydrogens (tertiary/aromatic N) is 3. The molecule has 0 bridgehead atoms. The third-order valence-electron chi connectivity index (χ3n) is 0.367. The van der Waals surface area contributed by atoms with Crippen LogP contribution in [0.4, 0.5) is 0 Å². The molecule has 0 aliphatic carbocycles. The lowest BCUT2D eigenvalue weighted by atomic mass is 10.8. The Bertz CT molecular complexity index is 98.7. The molecule has 0 aromatic heterocycles. The molecule has 0 saturated heterocycles. The highest BCUT2D eigenvalue weighted by molar-refractivity contribution is 4.64. The molecular weight excluding hydrogens is 118 g/mol. The summed E-state index contributed by atoms with van der Waals surface area (Å²) in [5.41, 5.74) is 0. The first-order chi connectivity index (χ1) is 3.68. The topological polar surface area (TPSA) is 109 Å². The van der Waals surface area contributed by atoms with E-state index in [1.54, 1.807) is 15.5 Å². The summed E-state index contributed by atoms with van der Waals surface area (Å²) in [6, 6.07) is 0. The van der Waals surface area contributed by atoms with Crippen LogP contribution in [0.3, 0.4) is 0 Å². The second kappa shape index (κ2) is 2.17. The number of nitroso groups, excluding NO2 is 3. The molecule has 0 aliphatic rings. The van der Waals surface area contributed by atoms with Crippen molar-refractivity contribution in [1.82, 2.24) is 0 Å². The molecule has 44 valence electrons. The summed E-state index contributed by atoms with van der Waals surface area (Å²) in [4.78, 5) is 27.6. The van der Waals surface area contributed by atoms with E-state index in [2.05, 4.69) is 0 Å². The Labute approximate surface area is 42.6 Å². The lowest BCUT2D eigenvalue weighted by Crippen LogP contribution is -2.16. The van der Waals surface area contributed by atoms with Crippen LogP contribution in [-0.2, 0) is 0 Å². The van der Waals surface area contributed by atoms with E-state index in [1.807, 2.05) is 0 Å². The van der Waals surface area contributed by atoms with Crippen molar-refractivity contribution in [3.8, 4) is 0 Å². The zero-order chi connectivity index (χ0) is 6.62. The molecule has 0 aromatic rings. The SMILES string of the molecule is O=NC(O)(N=O)N=O. The van der Waals surface area contributed by atoms with Gasteiger partial charge in [0.25, 0.3) is 0 Å². The standard InChI is InChI=1S/CHN3O4/c5-1(2-6,3-7)4-8/h5H. The molecular formula is CHN3O4. The van der Waals surface area contributed by atoms with Gasteiger partial charge in [0, 0.05) is 15.5 Å². The van der Waals surface area contributed by atoms with Gasteiger partial charge in [0.2, 0.25) is 0 Å². The van der Waals surface area contributed by atoms with Crippen LogP contribution in [0.1, 0.15) is 0 Å². The van der Waals surface area contributed by atoms with Gasteiger partial charge in [-0.3, -0.25) is 0 Å². The van der Waals surface area contributed by atoms with E-state index in [1.165, 1.54) is 0 Å². The van der Waals surface area contributed by atoms with Gasteiger partial charge in [0.1, 0.15) is 0 Å².